The Kier molecular flexibility index (Phi) is 6.94. The van der Waals surface area contributed by atoms with Crippen molar-refractivity contribution in [2.75, 3.05) is 30.9 Å². The maximum Gasteiger partial charge on any atom is 0.301 e. The molecule has 6 atom stereocenters. The van der Waals surface area contributed by atoms with Gasteiger partial charge >= 0.3 is 11.4 Å². The Hall–Kier alpha value is -4.63. The number of likely N-dealkylation sites (tertiary alicyclic amines) is 1. The lowest BCUT2D eigenvalue weighted by Gasteiger charge is -2.50. The summed E-state index contributed by atoms with van der Waals surface area (Å²) >= 11 is 14.0. The molecule has 2 heterocycles. The molecule has 2 saturated heterocycles. The van der Waals surface area contributed by atoms with Crippen molar-refractivity contribution in [2.24, 2.45) is 17.8 Å². The van der Waals surface area contributed by atoms with Gasteiger partial charge in [-0.05, 0) is 24.8 Å². The lowest BCUT2D eigenvalue weighted by Crippen LogP contribution is -2.60. The largest absolute Gasteiger partial charge is 0.505 e. The van der Waals surface area contributed by atoms with Gasteiger partial charge in [0.15, 0.2) is 27.0 Å². The Bertz CT molecular complexity index is 1820. The Morgan fingerprint density at radius 2 is 1.61 bits per heavy atom. The van der Waals surface area contributed by atoms with Crippen LogP contribution >= 0.6 is 23.2 Å². The number of phenols is 1. The van der Waals surface area contributed by atoms with Crippen molar-refractivity contribution in [1.82, 2.24) is 4.90 Å². The average Bonchev–Trinajstić information content (AvgIpc) is 3.32. The number of hydrogen-bond acceptors (Lipinski definition) is 10. The van der Waals surface area contributed by atoms with Crippen LogP contribution in [0.5, 0.6) is 5.75 Å². The van der Waals surface area contributed by atoms with Crippen LogP contribution in [-0.2, 0) is 19.2 Å². The zero-order chi connectivity index (χ0) is 33.8. The molecule has 4 amide bonds. The molecule has 0 spiro atoms. The number of nitro groups is 2. The number of carbonyl (C=O) groups excluding carboxylic acids is 4. The van der Waals surface area contributed by atoms with Crippen LogP contribution in [0.1, 0.15) is 24.3 Å². The van der Waals surface area contributed by atoms with E-state index in [4.69, 9.17) is 23.2 Å². The van der Waals surface area contributed by atoms with Crippen molar-refractivity contribution in [3.05, 3.63) is 73.6 Å². The molecule has 2 aromatic rings. The van der Waals surface area contributed by atoms with Crippen LogP contribution < -0.4 is 9.80 Å². The summed E-state index contributed by atoms with van der Waals surface area (Å²) in [5, 5.41) is 34.7. The Morgan fingerprint density at radius 3 is 2.17 bits per heavy atom. The predicted molar refractivity (Wildman–Crippen MR) is 160 cm³/mol. The van der Waals surface area contributed by atoms with E-state index in [-0.39, 0.29) is 23.2 Å². The molecule has 3 fully saturated rings. The highest BCUT2D eigenvalue weighted by atomic mass is 35.5. The number of rotatable bonds is 5. The molecule has 4 aliphatic rings. The molecule has 240 valence electrons. The van der Waals surface area contributed by atoms with Crippen molar-refractivity contribution in [2.45, 2.75) is 28.5 Å². The van der Waals surface area contributed by atoms with E-state index in [1.54, 1.807) is 6.08 Å². The van der Waals surface area contributed by atoms with Crippen LogP contribution in [0.25, 0.3) is 0 Å². The van der Waals surface area contributed by atoms with Crippen molar-refractivity contribution in [1.29, 1.82) is 0 Å². The topological polar surface area (TPSA) is 185 Å². The van der Waals surface area contributed by atoms with Gasteiger partial charge in [0.2, 0.25) is 11.8 Å². The minimum absolute atomic E-state index is 0.107. The Morgan fingerprint density at radius 1 is 1.00 bits per heavy atom. The van der Waals surface area contributed by atoms with E-state index >= 15 is 0 Å². The summed E-state index contributed by atoms with van der Waals surface area (Å²) in [4.78, 5) is 75.5. The fourth-order valence-corrected chi connectivity index (χ4v) is 8.58. The first-order chi connectivity index (χ1) is 21.5. The quantitative estimate of drug-likeness (QED) is 0.161. The van der Waals surface area contributed by atoms with Gasteiger partial charge in [-0.2, -0.15) is 0 Å². The molecular weight excluding hydrogens is 652 g/mol. The summed E-state index contributed by atoms with van der Waals surface area (Å²) in [7, 11) is 3.90. The molecule has 1 N–H and O–H groups in total. The molecule has 2 aliphatic carbocycles. The normalized spacial score (nSPS) is 30.2. The van der Waals surface area contributed by atoms with Crippen molar-refractivity contribution < 1.29 is 38.5 Å². The van der Waals surface area contributed by atoms with Crippen molar-refractivity contribution >= 4 is 69.6 Å². The number of benzene rings is 2. The maximum atomic E-state index is 14.7. The monoisotopic (exact) mass is 675 g/mol. The third kappa shape index (κ3) is 3.87. The lowest BCUT2D eigenvalue weighted by molar-refractivity contribution is -0.392. The molecule has 46 heavy (non-hydrogen) atoms. The van der Waals surface area contributed by atoms with Gasteiger partial charge in [0.05, 0.1) is 27.4 Å². The fraction of sp³-hybridized carbons (Fsp3) is 0.379. The van der Waals surface area contributed by atoms with E-state index < -0.39 is 102 Å². The van der Waals surface area contributed by atoms with Gasteiger partial charge in [0.25, 0.3) is 11.8 Å². The summed E-state index contributed by atoms with van der Waals surface area (Å²) in [6.45, 7) is 0. The molecule has 2 aromatic carbocycles. The summed E-state index contributed by atoms with van der Waals surface area (Å²) in [5.74, 6) is -10.1. The first kappa shape index (κ1) is 31.4. The standard InChI is InChI=1S/C29H24Cl2FN5O9/c1-33(2)22-18(36(43)44)9-12(10-19(22)37(45)46)35-24(39)14-8-7-13-16(20(14)25(35)40)11-28(30)26(41)34(3)27(42)29(28,31)21(13)15-5-4-6-17(32)23(15)38/h4-7,9-10,14,16,20-21,38H,8,11H2,1-3H3. The van der Waals surface area contributed by atoms with Gasteiger partial charge in [-0.15, -0.1) is 23.2 Å². The van der Waals surface area contributed by atoms with Crippen LogP contribution in [0.2, 0.25) is 0 Å². The number of phenolic OH excluding ortho intramolecular Hbond substituents is 1. The highest BCUT2D eigenvalue weighted by molar-refractivity contribution is 6.53. The smallest absolute Gasteiger partial charge is 0.301 e. The van der Waals surface area contributed by atoms with E-state index in [9.17, 15) is 48.9 Å². The number of hydrogen-bond donors (Lipinski definition) is 1. The van der Waals surface area contributed by atoms with E-state index in [2.05, 4.69) is 0 Å². The van der Waals surface area contributed by atoms with Gasteiger partial charge in [-0.25, -0.2) is 9.29 Å². The van der Waals surface area contributed by atoms with E-state index in [1.807, 2.05) is 0 Å². The first-order valence-corrected chi connectivity index (χ1v) is 14.6. The predicted octanol–water partition coefficient (Wildman–Crippen LogP) is 3.61. The Labute approximate surface area is 269 Å². The van der Waals surface area contributed by atoms with Gasteiger partial charge in [-0.1, -0.05) is 23.8 Å². The highest BCUT2D eigenvalue weighted by Gasteiger charge is 2.76. The van der Waals surface area contributed by atoms with Crippen LogP contribution in [0.4, 0.5) is 27.1 Å². The molecule has 17 heteroatoms. The number of amides is 4. The van der Waals surface area contributed by atoms with Crippen molar-refractivity contribution in [3.63, 3.8) is 0 Å². The zero-order valence-corrected chi connectivity index (χ0v) is 25.8. The van der Waals surface area contributed by atoms with Gasteiger partial charge < -0.3 is 10.0 Å². The number of imide groups is 2. The highest BCUT2D eigenvalue weighted by Crippen LogP contribution is 2.66. The number of carbonyl (C=O) groups is 4. The number of allylic oxidation sites excluding steroid dienone is 2. The van der Waals surface area contributed by atoms with Crippen LogP contribution in [-0.4, -0.2) is 74.4 Å². The van der Waals surface area contributed by atoms with Gasteiger partial charge in [0, 0.05) is 44.8 Å². The minimum atomic E-state index is -2.25. The molecule has 0 radical (unpaired) electrons. The molecule has 1 saturated carbocycles. The summed E-state index contributed by atoms with van der Waals surface area (Å²) in [6, 6.07) is 5.36. The SMILES string of the molecule is CN1C(=O)C2(Cl)CC3C(=CCC4C(=O)N(c5cc([N+](=O)[O-])c(N(C)C)c([N+](=O)[O-])c5)C(=O)C43)C(c3cccc(F)c3O)C2(Cl)C1=O. The maximum absolute atomic E-state index is 14.7. The molecule has 6 unspecified atom stereocenters. The molecular formula is C29H24Cl2FN5O9. The molecule has 6 rings (SSSR count). The first-order valence-electron chi connectivity index (χ1n) is 13.9. The third-order valence-corrected chi connectivity index (χ3v) is 10.9. The van der Waals surface area contributed by atoms with Crippen LogP contribution in [0.15, 0.2) is 42.0 Å². The van der Waals surface area contributed by atoms with E-state index in [0.29, 0.717) is 4.90 Å². The third-order valence-electron chi connectivity index (χ3n) is 9.50. The average molecular weight is 676 g/mol. The second kappa shape index (κ2) is 10.2. The van der Waals surface area contributed by atoms with E-state index in [1.165, 1.54) is 38.2 Å². The van der Waals surface area contributed by atoms with Crippen molar-refractivity contribution in [3.8, 4) is 5.75 Å². The number of anilines is 2. The summed E-state index contributed by atoms with van der Waals surface area (Å²) in [6.07, 6.45) is 1.04. The van der Waals surface area contributed by atoms with Gasteiger partial charge in [0.1, 0.15) is 0 Å². The second-order valence-corrected chi connectivity index (χ2v) is 13.2. The van der Waals surface area contributed by atoms with Crippen LogP contribution in [0.3, 0.4) is 0 Å². The summed E-state index contributed by atoms with van der Waals surface area (Å²) in [5.41, 5.74) is -2.07. The number of para-hydroxylation sites is 1. The zero-order valence-electron chi connectivity index (χ0n) is 24.3. The number of nitrogens with zero attached hydrogens (tertiary/aromatic N) is 5. The second-order valence-electron chi connectivity index (χ2n) is 11.9. The number of fused-ring (bicyclic) bond motifs is 4. The van der Waals surface area contributed by atoms with E-state index in [0.717, 1.165) is 23.1 Å². The number of aromatic hydroxyl groups is 1. The number of halogens is 3. The minimum Gasteiger partial charge on any atom is -0.505 e. The van der Waals surface area contributed by atoms with Gasteiger partial charge in [-0.3, -0.25) is 44.3 Å². The molecule has 14 nitrogen and oxygen atoms in total. The lowest BCUT2D eigenvalue weighted by atomic mass is 9.56. The number of alkyl halides is 2. The molecule has 2 aliphatic heterocycles. The summed E-state index contributed by atoms with van der Waals surface area (Å²) < 4.78 is 14.7. The number of nitro benzene ring substituents is 2. The fourth-order valence-electron chi connectivity index (χ4n) is 7.56. The molecule has 0 aromatic heterocycles. The van der Waals surface area contributed by atoms with Crippen LogP contribution in [0, 0.1) is 43.8 Å². The Balaban J connectivity index is 1.52. The molecule has 0 bridgehead atoms.